The Hall–Kier alpha value is -2.08. The second kappa shape index (κ2) is 8.34. The van der Waals surface area contributed by atoms with Gasteiger partial charge in [-0.2, -0.15) is 0 Å². The topological polar surface area (TPSA) is 58.1 Å². The normalized spacial score (nSPS) is 17.4. The summed E-state index contributed by atoms with van der Waals surface area (Å²) in [6, 6.07) is 10.3. The highest BCUT2D eigenvalue weighted by Crippen LogP contribution is 2.25. The Morgan fingerprint density at radius 3 is 3.00 bits per heavy atom. The van der Waals surface area contributed by atoms with Gasteiger partial charge in [0, 0.05) is 24.3 Å². The standard InChI is InChI=1S/C19H24N4OS/c1-14-6-5-8-16(10-14)22-18(24)12-25-19-11-17(20-13-21-19)23-9-4-3-7-15(23)2/h5-6,8,10-11,13,15H,3-4,7,9,12H2,1-2H3,(H,22,24)/t15-/m1/s1. The fourth-order valence-electron chi connectivity index (χ4n) is 3.06. The summed E-state index contributed by atoms with van der Waals surface area (Å²) in [6.45, 7) is 5.29. The van der Waals surface area contributed by atoms with Crippen LogP contribution in [-0.4, -0.2) is 34.2 Å². The number of thioether (sulfide) groups is 1. The minimum Gasteiger partial charge on any atom is -0.354 e. The number of nitrogens with one attached hydrogen (secondary N) is 1. The Kier molecular flexibility index (Phi) is 5.91. The number of carbonyl (C=O) groups excluding carboxylic acids is 1. The Balaban J connectivity index is 1.57. The van der Waals surface area contributed by atoms with Gasteiger partial charge in [-0.15, -0.1) is 0 Å². The quantitative estimate of drug-likeness (QED) is 0.650. The van der Waals surface area contributed by atoms with E-state index >= 15 is 0 Å². The molecule has 0 bridgehead atoms. The smallest absolute Gasteiger partial charge is 0.234 e. The SMILES string of the molecule is Cc1cccc(NC(=O)CSc2cc(N3CCCC[C@H]3C)ncn2)c1. The fraction of sp³-hybridized carbons (Fsp3) is 0.421. The number of nitrogens with zero attached hydrogens (tertiary/aromatic N) is 3. The molecule has 0 radical (unpaired) electrons. The average molecular weight is 356 g/mol. The number of amides is 1. The van der Waals surface area contributed by atoms with Crippen LogP contribution in [0, 0.1) is 6.92 Å². The number of hydrogen-bond acceptors (Lipinski definition) is 5. The lowest BCUT2D eigenvalue weighted by atomic mass is 10.0. The van der Waals surface area contributed by atoms with E-state index in [-0.39, 0.29) is 5.91 Å². The Bertz CT molecular complexity index is 737. The van der Waals surface area contributed by atoms with Gasteiger partial charge in [-0.3, -0.25) is 4.79 Å². The van der Waals surface area contributed by atoms with E-state index < -0.39 is 0 Å². The summed E-state index contributed by atoms with van der Waals surface area (Å²) in [7, 11) is 0. The first-order chi connectivity index (χ1) is 12.1. The molecule has 0 spiro atoms. The van der Waals surface area contributed by atoms with E-state index in [0.29, 0.717) is 11.8 Å². The van der Waals surface area contributed by atoms with Crippen molar-refractivity contribution in [2.45, 2.75) is 44.2 Å². The van der Waals surface area contributed by atoms with Crippen molar-refractivity contribution in [1.82, 2.24) is 9.97 Å². The molecule has 3 rings (SSSR count). The number of rotatable bonds is 5. The number of aryl methyl sites for hydroxylation is 1. The number of hydrogen-bond donors (Lipinski definition) is 1. The number of aromatic nitrogens is 2. The molecule has 132 valence electrons. The van der Waals surface area contributed by atoms with Crippen molar-refractivity contribution in [3.05, 3.63) is 42.2 Å². The van der Waals surface area contributed by atoms with E-state index in [4.69, 9.17) is 0 Å². The molecular formula is C19H24N4OS. The van der Waals surface area contributed by atoms with Crippen LogP contribution < -0.4 is 10.2 Å². The first kappa shape index (κ1) is 17.7. The largest absolute Gasteiger partial charge is 0.354 e. The maximum absolute atomic E-state index is 12.1. The summed E-state index contributed by atoms with van der Waals surface area (Å²) in [4.78, 5) is 23.2. The second-order valence-electron chi connectivity index (χ2n) is 6.46. The summed E-state index contributed by atoms with van der Waals surface area (Å²) in [5.74, 6) is 1.27. The van der Waals surface area contributed by atoms with Gasteiger partial charge in [-0.25, -0.2) is 9.97 Å². The molecule has 1 aromatic heterocycles. The molecule has 0 unspecified atom stereocenters. The third-order valence-electron chi connectivity index (χ3n) is 4.38. The molecule has 1 atom stereocenters. The van der Waals surface area contributed by atoms with Crippen molar-refractivity contribution >= 4 is 29.2 Å². The van der Waals surface area contributed by atoms with Crippen LogP contribution in [0.1, 0.15) is 31.7 Å². The summed E-state index contributed by atoms with van der Waals surface area (Å²) in [5.41, 5.74) is 1.96. The summed E-state index contributed by atoms with van der Waals surface area (Å²) in [6.07, 6.45) is 5.28. The van der Waals surface area contributed by atoms with Crippen LogP contribution in [0.25, 0.3) is 0 Å². The van der Waals surface area contributed by atoms with Crippen LogP contribution in [0.5, 0.6) is 0 Å². The molecule has 1 aliphatic rings. The van der Waals surface area contributed by atoms with Gasteiger partial charge in [0.1, 0.15) is 17.2 Å². The Morgan fingerprint density at radius 1 is 1.32 bits per heavy atom. The van der Waals surface area contributed by atoms with Crippen molar-refractivity contribution in [2.75, 3.05) is 22.5 Å². The molecule has 25 heavy (non-hydrogen) atoms. The molecule has 1 saturated heterocycles. The van der Waals surface area contributed by atoms with Crippen LogP contribution >= 0.6 is 11.8 Å². The number of benzene rings is 1. The molecule has 5 nitrogen and oxygen atoms in total. The highest BCUT2D eigenvalue weighted by molar-refractivity contribution is 7.99. The van der Waals surface area contributed by atoms with Crippen LogP contribution in [0.15, 0.2) is 41.7 Å². The predicted octanol–water partition coefficient (Wildman–Crippen LogP) is 3.89. The first-order valence-corrected chi connectivity index (χ1v) is 9.68. The molecule has 0 saturated carbocycles. The molecule has 6 heteroatoms. The molecule has 1 aromatic carbocycles. The zero-order valence-corrected chi connectivity index (χ0v) is 15.6. The highest BCUT2D eigenvalue weighted by atomic mass is 32.2. The molecule has 1 N–H and O–H groups in total. The van der Waals surface area contributed by atoms with Crippen molar-refractivity contribution in [3.63, 3.8) is 0 Å². The van der Waals surface area contributed by atoms with Gasteiger partial charge >= 0.3 is 0 Å². The van der Waals surface area contributed by atoms with Gasteiger partial charge in [0.05, 0.1) is 5.75 Å². The van der Waals surface area contributed by atoms with Crippen molar-refractivity contribution in [2.24, 2.45) is 0 Å². The lowest BCUT2D eigenvalue weighted by molar-refractivity contribution is -0.113. The van der Waals surface area contributed by atoms with Crippen molar-refractivity contribution < 1.29 is 4.79 Å². The van der Waals surface area contributed by atoms with Crippen molar-refractivity contribution in [3.8, 4) is 0 Å². The molecular weight excluding hydrogens is 332 g/mol. The molecule has 0 aliphatic carbocycles. The van der Waals surface area contributed by atoms with E-state index in [1.165, 1.54) is 31.0 Å². The predicted molar refractivity (Wildman–Crippen MR) is 103 cm³/mol. The highest BCUT2D eigenvalue weighted by Gasteiger charge is 2.20. The maximum Gasteiger partial charge on any atom is 0.234 e. The van der Waals surface area contributed by atoms with E-state index in [1.807, 2.05) is 37.3 Å². The summed E-state index contributed by atoms with van der Waals surface area (Å²) in [5, 5.41) is 3.76. The van der Waals surface area contributed by atoms with Gasteiger partial charge in [-0.05, 0) is 50.8 Å². The summed E-state index contributed by atoms with van der Waals surface area (Å²) >= 11 is 1.44. The van der Waals surface area contributed by atoms with E-state index in [9.17, 15) is 4.79 Å². The minimum atomic E-state index is -0.0258. The van der Waals surface area contributed by atoms with Gasteiger partial charge in [0.2, 0.25) is 5.91 Å². The first-order valence-electron chi connectivity index (χ1n) is 8.70. The Labute approximate surface area is 153 Å². The van der Waals surface area contributed by atoms with E-state index in [1.54, 1.807) is 6.33 Å². The van der Waals surface area contributed by atoms with Gasteiger partial charge < -0.3 is 10.2 Å². The van der Waals surface area contributed by atoms with Gasteiger partial charge in [-0.1, -0.05) is 23.9 Å². The van der Waals surface area contributed by atoms with Gasteiger partial charge in [0.25, 0.3) is 0 Å². The molecule has 1 aliphatic heterocycles. The number of anilines is 2. The van der Waals surface area contributed by atoms with E-state index in [2.05, 4.69) is 27.1 Å². The number of piperidine rings is 1. The van der Waals surface area contributed by atoms with Crippen LogP contribution in [0.4, 0.5) is 11.5 Å². The molecule has 1 amide bonds. The van der Waals surface area contributed by atoms with Crippen LogP contribution in [0.3, 0.4) is 0 Å². The van der Waals surface area contributed by atoms with Crippen LogP contribution in [-0.2, 0) is 4.79 Å². The zero-order chi connectivity index (χ0) is 17.6. The third kappa shape index (κ3) is 4.95. The van der Waals surface area contributed by atoms with Crippen LogP contribution in [0.2, 0.25) is 0 Å². The second-order valence-corrected chi connectivity index (χ2v) is 7.45. The lowest BCUT2D eigenvalue weighted by Gasteiger charge is -2.34. The fourth-order valence-corrected chi connectivity index (χ4v) is 3.73. The third-order valence-corrected chi connectivity index (χ3v) is 5.30. The average Bonchev–Trinajstić information content (AvgIpc) is 2.61. The van der Waals surface area contributed by atoms with Gasteiger partial charge in [0.15, 0.2) is 0 Å². The Morgan fingerprint density at radius 2 is 2.20 bits per heavy atom. The maximum atomic E-state index is 12.1. The zero-order valence-electron chi connectivity index (χ0n) is 14.7. The molecule has 2 aromatic rings. The number of carbonyl (C=O) groups is 1. The lowest BCUT2D eigenvalue weighted by Crippen LogP contribution is -2.38. The molecule has 1 fully saturated rings. The summed E-state index contributed by atoms with van der Waals surface area (Å²) < 4.78 is 0. The van der Waals surface area contributed by atoms with E-state index in [0.717, 1.165) is 28.6 Å². The minimum absolute atomic E-state index is 0.0258. The monoisotopic (exact) mass is 356 g/mol. The molecule has 2 heterocycles. The van der Waals surface area contributed by atoms with Crippen molar-refractivity contribution in [1.29, 1.82) is 0 Å².